The normalized spacial score (nSPS) is 15.9. The van der Waals surface area contributed by atoms with Gasteiger partial charge in [0.15, 0.2) is 6.10 Å². The van der Waals surface area contributed by atoms with Gasteiger partial charge in [-0.05, 0) is 30.2 Å². The number of halogens is 1. The maximum absolute atomic E-state index is 12.8. The standard InChI is InChI=1S/C23H24ClN3O5/c24-17-6-7-18-16(13-17)14-20(25-18)32-23(30)26-19(12-15-4-2-1-3-5-15)21(28)22(29)27-8-10-31-11-9-27/h1-7,13-14,19,21,25,28H,8-12H2,(H,26,30)/t19-,21+/m0/s1. The van der Waals surface area contributed by atoms with Gasteiger partial charge in [-0.3, -0.25) is 4.79 Å². The summed E-state index contributed by atoms with van der Waals surface area (Å²) in [5, 5.41) is 14.8. The largest absolute Gasteiger partial charge is 0.414 e. The molecular formula is C23H24ClN3O5. The minimum Gasteiger partial charge on any atom is -0.393 e. The molecule has 0 bridgehead atoms. The van der Waals surface area contributed by atoms with E-state index in [0.717, 1.165) is 16.5 Å². The van der Waals surface area contributed by atoms with Crippen molar-refractivity contribution in [2.75, 3.05) is 26.3 Å². The fraction of sp³-hybridized carbons (Fsp3) is 0.304. The van der Waals surface area contributed by atoms with Gasteiger partial charge in [-0.2, -0.15) is 0 Å². The first-order valence-electron chi connectivity index (χ1n) is 10.3. The maximum Gasteiger partial charge on any atom is 0.414 e. The molecule has 2 aromatic carbocycles. The molecule has 1 aliphatic rings. The zero-order valence-corrected chi connectivity index (χ0v) is 18.0. The van der Waals surface area contributed by atoms with Gasteiger partial charge in [0.05, 0.1) is 19.3 Å². The van der Waals surface area contributed by atoms with Gasteiger partial charge in [0, 0.05) is 35.1 Å². The van der Waals surface area contributed by atoms with Crippen molar-refractivity contribution in [2.24, 2.45) is 0 Å². The SMILES string of the molecule is O=C(N[C@@H](Cc1ccccc1)[C@@H](O)C(=O)N1CCOCC1)Oc1cc2cc(Cl)ccc2[nH]1. The molecule has 0 radical (unpaired) electrons. The summed E-state index contributed by atoms with van der Waals surface area (Å²) >= 11 is 6.00. The van der Waals surface area contributed by atoms with Gasteiger partial charge in [0.25, 0.3) is 5.91 Å². The van der Waals surface area contributed by atoms with Crippen molar-refractivity contribution in [1.82, 2.24) is 15.2 Å². The van der Waals surface area contributed by atoms with Gasteiger partial charge >= 0.3 is 6.09 Å². The third-order valence-corrected chi connectivity index (χ3v) is 5.55. The predicted octanol–water partition coefficient (Wildman–Crippen LogP) is 2.74. The summed E-state index contributed by atoms with van der Waals surface area (Å²) in [5.74, 6) is -0.220. The minimum atomic E-state index is -1.43. The molecule has 8 nitrogen and oxygen atoms in total. The van der Waals surface area contributed by atoms with E-state index >= 15 is 0 Å². The van der Waals surface area contributed by atoms with E-state index < -0.39 is 24.1 Å². The lowest BCUT2D eigenvalue weighted by molar-refractivity contribution is -0.145. The van der Waals surface area contributed by atoms with Crippen LogP contribution < -0.4 is 10.1 Å². The number of H-pyrrole nitrogens is 1. The quantitative estimate of drug-likeness (QED) is 0.528. The Morgan fingerprint density at radius 3 is 2.66 bits per heavy atom. The Hall–Kier alpha value is -3.07. The lowest BCUT2D eigenvalue weighted by Gasteiger charge is -2.31. The maximum atomic E-state index is 12.8. The number of carbonyl (C=O) groups excluding carboxylic acids is 2. The summed E-state index contributed by atoms with van der Waals surface area (Å²) in [6, 6.07) is 15.4. The number of hydrogen-bond donors (Lipinski definition) is 3. The average molecular weight is 458 g/mol. The second-order valence-electron chi connectivity index (χ2n) is 7.58. The second-order valence-corrected chi connectivity index (χ2v) is 8.01. The first-order chi connectivity index (χ1) is 15.5. The Morgan fingerprint density at radius 1 is 1.16 bits per heavy atom. The zero-order chi connectivity index (χ0) is 22.5. The smallest absolute Gasteiger partial charge is 0.393 e. The topological polar surface area (TPSA) is 104 Å². The monoisotopic (exact) mass is 457 g/mol. The molecule has 9 heteroatoms. The highest BCUT2D eigenvalue weighted by Crippen LogP contribution is 2.23. The molecule has 0 saturated carbocycles. The number of nitrogens with zero attached hydrogens (tertiary/aromatic N) is 1. The summed E-state index contributed by atoms with van der Waals surface area (Å²) < 4.78 is 10.7. The molecular weight excluding hydrogens is 434 g/mol. The highest BCUT2D eigenvalue weighted by atomic mass is 35.5. The summed E-state index contributed by atoms with van der Waals surface area (Å²) in [6.07, 6.45) is -1.95. The van der Waals surface area contributed by atoms with Crippen molar-refractivity contribution >= 4 is 34.5 Å². The number of amides is 2. The van der Waals surface area contributed by atoms with Crippen LogP contribution >= 0.6 is 11.6 Å². The van der Waals surface area contributed by atoms with Crippen LogP contribution in [0.2, 0.25) is 5.02 Å². The van der Waals surface area contributed by atoms with Crippen molar-refractivity contribution in [1.29, 1.82) is 0 Å². The van der Waals surface area contributed by atoms with E-state index in [1.165, 1.54) is 0 Å². The summed E-state index contributed by atoms with van der Waals surface area (Å²) in [7, 11) is 0. The number of aromatic amines is 1. The predicted molar refractivity (Wildman–Crippen MR) is 120 cm³/mol. The number of carbonyl (C=O) groups is 2. The van der Waals surface area contributed by atoms with Crippen LogP contribution in [0, 0.1) is 0 Å². The number of aromatic nitrogens is 1. The van der Waals surface area contributed by atoms with Crippen LogP contribution in [-0.2, 0) is 16.0 Å². The molecule has 1 fully saturated rings. The van der Waals surface area contributed by atoms with Crippen molar-refractivity contribution in [3.05, 3.63) is 65.2 Å². The Balaban J connectivity index is 1.47. The zero-order valence-electron chi connectivity index (χ0n) is 17.3. The third kappa shape index (κ3) is 5.40. The molecule has 2 atom stereocenters. The molecule has 3 aromatic rings. The number of hydrogen-bond acceptors (Lipinski definition) is 5. The van der Waals surface area contributed by atoms with E-state index in [1.807, 2.05) is 30.3 Å². The highest BCUT2D eigenvalue weighted by molar-refractivity contribution is 6.31. The Kier molecular flexibility index (Phi) is 6.94. The van der Waals surface area contributed by atoms with E-state index in [0.29, 0.717) is 31.3 Å². The van der Waals surface area contributed by atoms with E-state index in [2.05, 4.69) is 10.3 Å². The third-order valence-electron chi connectivity index (χ3n) is 5.32. The van der Waals surface area contributed by atoms with Crippen LogP contribution in [0.25, 0.3) is 10.9 Å². The lowest BCUT2D eigenvalue weighted by atomic mass is 10.0. The van der Waals surface area contributed by atoms with Crippen LogP contribution in [0.4, 0.5) is 4.79 Å². The molecule has 3 N–H and O–H groups in total. The van der Waals surface area contributed by atoms with Gasteiger partial charge in [0.2, 0.25) is 5.88 Å². The Morgan fingerprint density at radius 2 is 1.91 bits per heavy atom. The van der Waals surface area contributed by atoms with Crippen molar-refractivity contribution in [2.45, 2.75) is 18.6 Å². The van der Waals surface area contributed by atoms with E-state index in [4.69, 9.17) is 21.1 Å². The summed E-state index contributed by atoms with van der Waals surface area (Å²) in [4.78, 5) is 30.0. The van der Waals surface area contributed by atoms with Gasteiger partial charge in [0.1, 0.15) is 0 Å². The number of benzene rings is 2. The first kappa shape index (κ1) is 22.1. The minimum absolute atomic E-state index is 0.229. The lowest BCUT2D eigenvalue weighted by Crippen LogP contribution is -2.55. The number of fused-ring (bicyclic) bond motifs is 1. The van der Waals surface area contributed by atoms with Crippen LogP contribution in [0.15, 0.2) is 54.6 Å². The van der Waals surface area contributed by atoms with E-state index in [9.17, 15) is 14.7 Å². The molecule has 0 unspecified atom stereocenters. The number of nitrogens with one attached hydrogen (secondary N) is 2. The molecule has 32 heavy (non-hydrogen) atoms. The summed E-state index contributed by atoms with van der Waals surface area (Å²) in [6.45, 7) is 1.63. The van der Waals surface area contributed by atoms with Crippen LogP contribution in [0.3, 0.4) is 0 Å². The molecule has 2 amide bonds. The molecule has 1 saturated heterocycles. The Labute approximate surface area is 190 Å². The van der Waals surface area contributed by atoms with E-state index in [-0.39, 0.29) is 12.3 Å². The fourth-order valence-electron chi connectivity index (χ4n) is 3.67. The summed E-state index contributed by atoms with van der Waals surface area (Å²) in [5.41, 5.74) is 1.63. The molecule has 4 rings (SSSR count). The van der Waals surface area contributed by atoms with Gasteiger partial charge in [-0.15, -0.1) is 0 Å². The van der Waals surface area contributed by atoms with Gasteiger partial charge in [-0.1, -0.05) is 41.9 Å². The molecule has 1 aromatic heterocycles. The van der Waals surface area contributed by atoms with Gasteiger partial charge in [-0.25, -0.2) is 4.79 Å². The van der Waals surface area contributed by atoms with Crippen LogP contribution in [-0.4, -0.2) is 65.4 Å². The molecule has 1 aliphatic heterocycles. The van der Waals surface area contributed by atoms with Gasteiger partial charge < -0.3 is 29.8 Å². The number of aliphatic hydroxyl groups excluding tert-OH is 1. The highest BCUT2D eigenvalue weighted by Gasteiger charge is 2.32. The number of rotatable bonds is 6. The molecule has 0 aliphatic carbocycles. The van der Waals surface area contributed by atoms with Crippen molar-refractivity contribution in [3.63, 3.8) is 0 Å². The second kappa shape index (κ2) is 10.0. The average Bonchev–Trinajstić information content (AvgIpc) is 3.20. The molecule has 2 heterocycles. The van der Waals surface area contributed by atoms with Crippen LogP contribution in [0.1, 0.15) is 5.56 Å². The first-order valence-corrected chi connectivity index (χ1v) is 10.7. The van der Waals surface area contributed by atoms with Crippen molar-refractivity contribution in [3.8, 4) is 5.88 Å². The van der Waals surface area contributed by atoms with Crippen molar-refractivity contribution < 1.29 is 24.2 Å². The Bertz CT molecular complexity index is 1080. The van der Waals surface area contributed by atoms with Crippen LogP contribution in [0.5, 0.6) is 5.88 Å². The number of morpholine rings is 1. The number of aliphatic hydroxyl groups is 1. The number of ether oxygens (including phenoxy) is 2. The molecule has 0 spiro atoms. The fourth-order valence-corrected chi connectivity index (χ4v) is 3.85. The molecule has 168 valence electrons. The van der Waals surface area contributed by atoms with E-state index in [1.54, 1.807) is 29.2 Å².